The van der Waals surface area contributed by atoms with Gasteiger partial charge in [0.1, 0.15) is 5.69 Å². The van der Waals surface area contributed by atoms with E-state index in [0.29, 0.717) is 12.1 Å². The van der Waals surface area contributed by atoms with E-state index >= 15 is 0 Å². The lowest BCUT2D eigenvalue weighted by molar-refractivity contribution is 0.0977. The first kappa shape index (κ1) is 11.5. The summed E-state index contributed by atoms with van der Waals surface area (Å²) < 4.78 is 0. The minimum Gasteiger partial charge on any atom is -0.292 e. The SMILES string of the molecule is Cc1cccnc1C(=O)CCc1ccccc1. The maximum atomic E-state index is 12.0. The van der Waals surface area contributed by atoms with Crippen LogP contribution in [-0.2, 0) is 6.42 Å². The molecule has 0 amide bonds. The van der Waals surface area contributed by atoms with Crippen LogP contribution in [0.15, 0.2) is 48.7 Å². The molecule has 0 bridgehead atoms. The minimum absolute atomic E-state index is 0.118. The van der Waals surface area contributed by atoms with Gasteiger partial charge in [0.25, 0.3) is 0 Å². The molecule has 1 aromatic carbocycles. The lowest BCUT2D eigenvalue weighted by Gasteiger charge is -2.03. The van der Waals surface area contributed by atoms with Gasteiger partial charge in [0.05, 0.1) is 0 Å². The number of ketones is 1. The van der Waals surface area contributed by atoms with Crippen LogP contribution in [0.1, 0.15) is 28.0 Å². The molecular formula is C15H15NO. The fourth-order valence-corrected chi connectivity index (χ4v) is 1.80. The van der Waals surface area contributed by atoms with Crippen molar-refractivity contribution >= 4 is 5.78 Å². The Labute approximate surface area is 101 Å². The van der Waals surface area contributed by atoms with E-state index in [9.17, 15) is 4.79 Å². The first-order valence-corrected chi connectivity index (χ1v) is 5.76. The molecule has 0 N–H and O–H groups in total. The van der Waals surface area contributed by atoms with Crippen molar-refractivity contribution in [2.24, 2.45) is 0 Å². The zero-order valence-electron chi connectivity index (χ0n) is 9.89. The van der Waals surface area contributed by atoms with E-state index in [0.717, 1.165) is 12.0 Å². The predicted molar refractivity (Wildman–Crippen MR) is 68.1 cm³/mol. The van der Waals surface area contributed by atoms with Crippen molar-refractivity contribution < 1.29 is 4.79 Å². The molecule has 1 heterocycles. The maximum Gasteiger partial charge on any atom is 0.181 e. The Morgan fingerprint density at radius 2 is 1.88 bits per heavy atom. The third kappa shape index (κ3) is 3.00. The molecule has 0 aliphatic rings. The Bertz CT molecular complexity index is 505. The lowest BCUT2D eigenvalue weighted by atomic mass is 10.0. The normalized spacial score (nSPS) is 10.2. The molecule has 2 nitrogen and oxygen atoms in total. The molecule has 0 saturated heterocycles. The molecule has 0 radical (unpaired) electrons. The Hall–Kier alpha value is -1.96. The highest BCUT2D eigenvalue weighted by atomic mass is 16.1. The van der Waals surface area contributed by atoms with Crippen molar-refractivity contribution in [2.75, 3.05) is 0 Å². The van der Waals surface area contributed by atoms with E-state index in [1.54, 1.807) is 6.20 Å². The molecule has 2 rings (SSSR count). The molecule has 0 aliphatic heterocycles. The molecule has 1 aromatic heterocycles. The zero-order valence-corrected chi connectivity index (χ0v) is 9.89. The molecule has 2 heteroatoms. The van der Waals surface area contributed by atoms with E-state index < -0.39 is 0 Å². The van der Waals surface area contributed by atoms with Crippen LogP contribution in [0.2, 0.25) is 0 Å². The number of carbonyl (C=O) groups excluding carboxylic acids is 1. The highest BCUT2D eigenvalue weighted by molar-refractivity contribution is 5.95. The van der Waals surface area contributed by atoms with Crippen LogP contribution in [0.5, 0.6) is 0 Å². The van der Waals surface area contributed by atoms with Gasteiger partial charge in [0.15, 0.2) is 5.78 Å². The third-order valence-electron chi connectivity index (χ3n) is 2.76. The van der Waals surface area contributed by atoms with Crippen LogP contribution in [0.25, 0.3) is 0 Å². The first-order chi connectivity index (χ1) is 8.27. The summed E-state index contributed by atoms with van der Waals surface area (Å²) in [6.45, 7) is 1.92. The zero-order chi connectivity index (χ0) is 12.1. The number of nitrogens with zero attached hydrogens (tertiary/aromatic N) is 1. The molecule has 0 spiro atoms. The van der Waals surface area contributed by atoms with Gasteiger partial charge in [-0.1, -0.05) is 36.4 Å². The van der Waals surface area contributed by atoms with E-state index in [1.807, 2.05) is 49.4 Å². The maximum absolute atomic E-state index is 12.0. The second-order valence-electron chi connectivity index (χ2n) is 4.08. The van der Waals surface area contributed by atoms with Crippen molar-refractivity contribution in [3.63, 3.8) is 0 Å². The van der Waals surface area contributed by atoms with Gasteiger partial charge in [-0.3, -0.25) is 9.78 Å². The largest absolute Gasteiger partial charge is 0.292 e. The van der Waals surface area contributed by atoms with Gasteiger partial charge in [-0.05, 0) is 30.5 Å². The quantitative estimate of drug-likeness (QED) is 0.748. The molecule has 0 saturated carbocycles. The van der Waals surface area contributed by atoms with Crippen molar-refractivity contribution in [3.05, 3.63) is 65.5 Å². The van der Waals surface area contributed by atoms with Crippen molar-refractivity contribution in [3.8, 4) is 0 Å². The van der Waals surface area contributed by atoms with E-state index in [4.69, 9.17) is 0 Å². The summed E-state index contributed by atoms with van der Waals surface area (Å²) in [5.74, 6) is 0.118. The topological polar surface area (TPSA) is 30.0 Å². The summed E-state index contributed by atoms with van der Waals surface area (Å²) in [6.07, 6.45) is 2.96. The van der Waals surface area contributed by atoms with Crippen LogP contribution in [0.4, 0.5) is 0 Å². The summed E-state index contributed by atoms with van der Waals surface area (Å²) in [6, 6.07) is 13.8. The number of carbonyl (C=O) groups is 1. The van der Waals surface area contributed by atoms with Gasteiger partial charge in [-0.15, -0.1) is 0 Å². The average molecular weight is 225 g/mol. The predicted octanol–water partition coefficient (Wildman–Crippen LogP) is 3.21. The van der Waals surface area contributed by atoms with E-state index in [-0.39, 0.29) is 5.78 Å². The molecule has 2 aromatic rings. The van der Waals surface area contributed by atoms with Gasteiger partial charge in [0.2, 0.25) is 0 Å². The van der Waals surface area contributed by atoms with Crippen LogP contribution in [0.3, 0.4) is 0 Å². The molecule has 86 valence electrons. The van der Waals surface area contributed by atoms with Crippen LogP contribution >= 0.6 is 0 Å². The summed E-state index contributed by atoms with van der Waals surface area (Å²) in [5, 5.41) is 0. The minimum atomic E-state index is 0.118. The molecule has 0 fully saturated rings. The van der Waals surface area contributed by atoms with Crippen LogP contribution < -0.4 is 0 Å². The van der Waals surface area contributed by atoms with Crippen molar-refractivity contribution in [1.82, 2.24) is 4.98 Å². The summed E-state index contributed by atoms with van der Waals surface area (Å²) in [5.41, 5.74) is 2.74. The average Bonchev–Trinajstić information content (AvgIpc) is 2.38. The summed E-state index contributed by atoms with van der Waals surface area (Å²) in [4.78, 5) is 16.1. The highest BCUT2D eigenvalue weighted by Crippen LogP contribution is 2.09. The number of hydrogen-bond acceptors (Lipinski definition) is 2. The summed E-state index contributed by atoms with van der Waals surface area (Å²) in [7, 11) is 0. The molecule has 17 heavy (non-hydrogen) atoms. The smallest absolute Gasteiger partial charge is 0.181 e. The fourth-order valence-electron chi connectivity index (χ4n) is 1.80. The number of hydrogen-bond donors (Lipinski definition) is 0. The summed E-state index contributed by atoms with van der Waals surface area (Å²) >= 11 is 0. The van der Waals surface area contributed by atoms with Crippen LogP contribution in [-0.4, -0.2) is 10.8 Å². The van der Waals surface area contributed by atoms with Crippen LogP contribution in [0, 0.1) is 6.92 Å². The Kier molecular flexibility index (Phi) is 3.66. The first-order valence-electron chi connectivity index (χ1n) is 5.76. The standard InChI is InChI=1S/C15H15NO/c1-12-6-5-11-16-15(12)14(17)10-9-13-7-3-2-4-8-13/h2-8,11H,9-10H2,1H3. The molecule has 0 atom stereocenters. The van der Waals surface area contributed by atoms with Crippen molar-refractivity contribution in [2.45, 2.75) is 19.8 Å². The van der Waals surface area contributed by atoms with E-state index in [2.05, 4.69) is 4.98 Å². The number of aromatic nitrogens is 1. The Balaban J connectivity index is 2.01. The monoisotopic (exact) mass is 225 g/mol. The Morgan fingerprint density at radius 1 is 1.12 bits per heavy atom. The molecule has 0 aliphatic carbocycles. The second-order valence-corrected chi connectivity index (χ2v) is 4.08. The lowest BCUT2D eigenvalue weighted by Crippen LogP contribution is -2.05. The number of Topliss-reactive ketones (excluding diaryl/α,β-unsaturated/α-hetero) is 1. The third-order valence-corrected chi connectivity index (χ3v) is 2.76. The second kappa shape index (κ2) is 5.39. The van der Waals surface area contributed by atoms with Gasteiger partial charge >= 0.3 is 0 Å². The van der Waals surface area contributed by atoms with Crippen molar-refractivity contribution in [1.29, 1.82) is 0 Å². The van der Waals surface area contributed by atoms with Gasteiger partial charge in [0, 0.05) is 12.6 Å². The number of aryl methyl sites for hydroxylation is 2. The number of benzene rings is 1. The van der Waals surface area contributed by atoms with Gasteiger partial charge < -0.3 is 0 Å². The Morgan fingerprint density at radius 3 is 2.59 bits per heavy atom. The molecular weight excluding hydrogens is 210 g/mol. The fraction of sp³-hybridized carbons (Fsp3) is 0.200. The number of pyridine rings is 1. The number of rotatable bonds is 4. The highest BCUT2D eigenvalue weighted by Gasteiger charge is 2.09. The van der Waals surface area contributed by atoms with E-state index in [1.165, 1.54) is 5.56 Å². The van der Waals surface area contributed by atoms with Gasteiger partial charge in [-0.25, -0.2) is 0 Å². The van der Waals surface area contributed by atoms with Gasteiger partial charge in [-0.2, -0.15) is 0 Å². The molecule has 0 unspecified atom stereocenters.